The molecule has 2 aliphatic rings. The molecule has 0 bridgehead atoms. The molecule has 39 heavy (non-hydrogen) atoms. The number of hydrogen-bond donors (Lipinski definition) is 2. The number of hydrogen-bond acceptors (Lipinski definition) is 5. The van der Waals surface area contributed by atoms with Crippen LogP contribution in [-0.2, 0) is 4.79 Å². The van der Waals surface area contributed by atoms with E-state index in [4.69, 9.17) is 4.74 Å². The maximum atomic E-state index is 13.4. The summed E-state index contributed by atoms with van der Waals surface area (Å²) in [7, 11) is 1.62. The number of imidazole rings is 1. The molecule has 2 aromatic carbocycles. The molecular weight excluding hydrogens is 494 g/mol. The van der Waals surface area contributed by atoms with Crippen molar-refractivity contribution in [3.8, 4) is 5.75 Å². The number of amides is 2. The second-order valence-electron chi connectivity index (χ2n) is 11.1. The molecule has 1 aromatic heterocycles. The summed E-state index contributed by atoms with van der Waals surface area (Å²) in [6, 6.07) is 11.7. The number of fused-ring (bicyclic) bond motifs is 1. The van der Waals surface area contributed by atoms with Crippen molar-refractivity contribution in [1.82, 2.24) is 19.4 Å². The summed E-state index contributed by atoms with van der Waals surface area (Å²) in [5, 5.41) is 3.03. The number of ether oxygens (including phenoxy) is 1. The molecule has 0 radical (unpaired) electrons. The Kier molecular flexibility index (Phi) is 7.79. The Labute approximate surface area is 229 Å². The third kappa shape index (κ3) is 5.45. The molecule has 2 amide bonds. The Balaban J connectivity index is 1.27. The summed E-state index contributed by atoms with van der Waals surface area (Å²) >= 11 is 0. The zero-order valence-corrected chi connectivity index (χ0v) is 23.3. The molecule has 1 aliphatic heterocycles. The van der Waals surface area contributed by atoms with Gasteiger partial charge in [-0.3, -0.25) is 19.1 Å². The summed E-state index contributed by atoms with van der Waals surface area (Å²) in [5.41, 5.74) is 3.44. The van der Waals surface area contributed by atoms with Crippen LogP contribution in [0.1, 0.15) is 61.5 Å². The van der Waals surface area contributed by atoms with Gasteiger partial charge >= 0.3 is 5.69 Å². The maximum Gasteiger partial charge on any atom is 0.326 e. The van der Waals surface area contributed by atoms with Gasteiger partial charge < -0.3 is 19.9 Å². The van der Waals surface area contributed by atoms with E-state index in [9.17, 15) is 14.4 Å². The quantitative estimate of drug-likeness (QED) is 0.495. The number of aryl methyl sites for hydroxylation is 1. The van der Waals surface area contributed by atoms with E-state index >= 15 is 0 Å². The Morgan fingerprint density at radius 1 is 1.03 bits per heavy atom. The van der Waals surface area contributed by atoms with Gasteiger partial charge in [0.05, 0.1) is 23.7 Å². The van der Waals surface area contributed by atoms with Crippen molar-refractivity contribution in [2.75, 3.05) is 38.6 Å². The fourth-order valence-electron chi connectivity index (χ4n) is 6.04. The minimum atomic E-state index is -0.200. The molecular formula is C30H39N5O4. The average Bonchev–Trinajstić information content (AvgIpc) is 3.29. The first-order valence-electron chi connectivity index (χ1n) is 14.0. The van der Waals surface area contributed by atoms with E-state index in [-0.39, 0.29) is 29.5 Å². The summed E-state index contributed by atoms with van der Waals surface area (Å²) in [4.78, 5) is 46.8. The van der Waals surface area contributed by atoms with Crippen molar-refractivity contribution < 1.29 is 14.3 Å². The van der Waals surface area contributed by atoms with E-state index in [1.54, 1.807) is 17.7 Å². The lowest BCUT2D eigenvalue weighted by atomic mass is 9.85. The van der Waals surface area contributed by atoms with Crippen LogP contribution in [-0.4, -0.2) is 70.5 Å². The van der Waals surface area contributed by atoms with Crippen LogP contribution in [0.5, 0.6) is 5.75 Å². The minimum absolute atomic E-state index is 0.00363. The molecule has 9 heteroatoms. The Bertz CT molecular complexity index is 1410. The lowest BCUT2D eigenvalue weighted by Crippen LogP contribution is -2.50. The van der Waals surface area contributed by atoms with Crippen molar-refractivity contribution in [2.45, 2.75) is 58.5 Å². The standard InChI is InChI=1S/C30H39N5O4/c1-19(2)33-14-16-34(17-15-33)29(37)24-6-5-7-25-27(24)32-30(38)35(25)23-12-9-21(10-13-23)28(36)31-22-11-8-20(3)26(18-22)39-4/h5-8,11,18-19,21,23H,9-10,12-17H2,1-4H3,(H,31,36)(H,32,38)/t21-,23+. The highest BCUT2D eigenvalue weighted by Crippen LogP contribution is 2.34. The van der Waals surface area contributed by atoms with Gasteiger partial charge in [-0.05, 0) is 70.2 Å². The highest BCUT2D eigenvalue weighted by molar-refractivity contribution is 6.05. The van der Waals surface area contributed by atoms with Gasteiger partial charge in [0.1, 0.15) is 5.75 Å². The number of anilines is 1. The van der Waals surface area contributed by atoms with Crippen LogP contribution in [0.25, 0.3) is 11.0 Å². The number of benzene rings is 2. The Hall–Kier alpha value is -3.59. The fourth-order valence-corrected chi connectivity index (χ4v) is 6.04. The molecule has 2 fully saturated rings. The number of carbonyl (C=O) groups excluding carboxylic acids is 2. The number of nitrogens with one attached hydrogen (secondary N) is 2. The molecule has 5 rings (SSSR count). The summed E-state index contributed by atoms with van der Waals surface area (Å²) in [6.07, 6.45) is 2.82. The normalized spacial score (nSPS) is 20.4. The summed E-state index contributed by atoms with van der Waals surface area (Å²) in [5.74, 6) is 0.587. The van der Waals surface area contributed by atoms with Gasteiger partial charge in [0.15, 0.2) is 0 Å². The van der Waals surface area contributed by atoms with Gasteiger partial charge in [0.2, 0.25) is 5.91 Å². The van der Waals surface area contributed by atoms with E-state index in [1.807, 2.05) is 42.2 Å². The predicted molar refractivity (Wildman–Crippen MR) is 153 cm³/mol. The number of methoxy groups -OCH3 is 1. The molecule has 3 aromatic rings. The smallest absolute Gasteiger partial charge is 0.326 e. The maximum absolute atomic E-state index is 13.4. The van der Waals surface area contributed by atoms with Crippen molar-refractivity contribution in [3.05, 3.63) is 58.0 Å². The molecule has 2 heterocycles. The van der Waals surface area contributed by atoms with Crippen LogP contribution in [0.2, 0.25) is 0 Å². The Morgan fingerprint density at radius 3 is 2.41 bits per heavy atom. The highest BCUT2D eigenvalue weighted by atomic mass is 16.5. The fraction of sp³-hybridized carbons (Fsp3) is 0.500. The number of para-hydroxylation sites is 1. The lowest BCUT2D eigenvalue weighted by Gasteiger charge is -2.37. The molecule has 2 N–H and O–H groups in total. The van der Waals surface area contributed by atoms with Gasteiger partial charge in [-0.1, -0.05) is 12.1 Å². The van der Waals surface area contributed by atoms with Crippen LogP contribution in [0.3, 0.4) is 0 Å². The molecule has 1 saturated carbocycles. The molecule has 9 nitrogen and oxygen atoms in total. The van der Waals surface area contributed by atoms with Crippen LogP contribution in [0, 0.1) is 12.8 Å². The predicted octanol–water partition coefficient (Wildman–Crippen LogP) is 4.18. The average molecular weight is 534 g/mol. The molecule has 0 unspecified atom stereocenters. The molecule has 1 saturated heterocycles. The minimum Gasteiger partial charge on any atom is -0.496 e. The number of H-pyrrole nitrogens is 1. The molecule has 0 atom stereocenters. The molecule has 1 aliphatic carbocycles. The van der Waals surface area contributed by atoms with Crippen LogP contribution >= 0.6 is 0 Å². The van der Waals surface area contributed by atoms with Crippen molar-refractivity contribution in [2.24, 2.45) is 5.92 Å². The second kappa shape index (κ2) is 11.3. The number of rotatable bonds is 6. The molecule has 0 spiro atoms. The van der Waals surface area contributed by atoms with E-state index < -0.39 is 0 Å². The van der Waals surface area contributed by atoms with Crippen molar-refractivity contribution >= 4 is 28.5 Å². The summed E-state index contributed by atoms with van der Waals surface area (Å²) in [6.45, 7) is 9.38. The van der Waals surface area contributed by atoms with Crippen molar-refractivity contribution in [1.29, 1.82) is 0 Å². The van der Waals surface area contributed by atoms with Gasteiger partial charge in [-0.2, -0.15) is 0 Å². The van der Waals surface area contributed by atoms with Gasteiger partial charge in [0.25, 0.3) is 5.91 Å². The SMILES string of the molecule is COc1cc(NC(=O)[C@H]2CC[C@@H](n3c(=O)[nH]c4c(C(=O)N5CCN(C(C)C)CC5)cccc43)CC2)ccc1C. The summed E-state index contributed by atoms with van der Waals surface area (Å²) < 4.78 is 7.17. The number of carbonyl (C=O) groups is 2. The monoisotopic (exact) mass is 533 g/mol. The zero-order chi connectivity index (χ0) is 27.7. The first-order chi connectivity index (χ1) is 18.8. The second-order valence-corrected chi connectivity index (χ2v) is 11.1. The largest absolute Gasteiger partial charge is 0.496 e. The number of nitrogens with zero attached hydrogens (tertiary/aromatic N) is 3. The van der Waals surface area contributed by atoms with E-state index in [1.165, 1.54) is 0 Å². The first-order valence-corrected chi connectivity index (χ1v) is 14.0. The van der Waals surface area contributed by atoms with Gasteiger partial charge in [0, 0.05) is 55.9 Å². The van der Waals surface area contributed by atoms with E-state index in [0.29, 0.717) is 43.1 Å². The Morgan fingerprint density at radius 2 is 1.74 bits per heavy atom. The van der Waals surface area contributed by atoms with Crippen LogP contribution < -0.4 is 15.7 Å². The highest BCUT2D eigenvalue weighted by Gasteiger charge is 2.30. The third-order valence-corrected chi connectivity index (χ3v) is 8.42. The zero-order valence-electron chi connectivity index (χ0n) is 23.3. The van der Waals surface area contributed by atoms with Crippen LogP contribution in [0.4, 0.5) is 5.69 Å². The topological polar surface area (TPSA) is 99.7 Å². The number of aromatic nitrogens is 2. The molecule has 208 valence electrons. The third-order valence-electron chi connectivity index (χ3n) is 8.42. The van der Waals surface area contributed by atoms with Crippen LogP contribution in [0.15, 0.2) is 41.2 Å². The van der Waals surface area contributed by atoms with Gasteiger partial charge in [-0.15, -0.1) is 0 Å². The number of aromatic amines is 1. The number of piperazine rings is 1. The lowest BCUT2D eigenvalue weighted by molar-refractivity contribution is -0.121. The van der Waals surface area contributed by atoms with Gasteiger partial charge in [-0.25, -0.2) is 4.79 Å². The first kappa shape index (κ1) is 27.0. The van der Waals surface area contributed by atoms with E-state index in [0.717, 1.165) is 48.4 Å². The van der Waals surface area contributed by atoms with E-state index in [2.05, 4.69) is 29.0 Å². The van der Waals surface area contributed by atoms with Crippen molar-refractivity contribution in [3.63, 3.8) is 0 Å².